The number of benzene rings is 1. The number of carbonyl (C=O) groups is 1. The summed E-state index contributed by atoms with van der Waals surface area (Å²) >= 11 is 0. The third kappa shape index (κ3) is 3.94. The largest absolute Gasteiger partial charge is 0.461 e. The Labute approximate surface area is 126 Å². The van der Waals surface area contributed by atoms with Crippen molar-refractivity contribution in [3.8, 4) is 0 Å². The molecule has 0 atom stereocenters. The van der Waals surface area contributed by atoms with Crippen molar-refractivity contribution in [1.82, 2.24) is 0 Å². The Morgan fingerprint density at radius 3 is 2.67 bits per heavy atom. The third-order valence-electron chi connectivity index (χ3n) is 3.66. The minimum Gasteiger partial charge on any atom is -0.461 e. The molecule has 21 heavy (non-hydrogen) atoms. The summed E-state index contributed by atoms with van der Waals surface area (Å²) in [5.74, 6) is -0.155. The highest BCUT2D eigenvalue weighted by atomic mass is 16.5. The molecule has 1 aromatic carbocycles. The molecule has 0 bridgehead atoms. The zero-order valence-corrected chi connectivity index (χ0v) is 12.8. The molecule has 1 aliphatic carbocycles. The second kappa shape index (κ2) is 7.63. The predicted octanol–water partition coefficient (Wildman–Crippen LogP) is 4.47. The van der Waals surface area contributed by atoms with Crippen LogP contribution in [0.1, 0.15) is 37.8 Å². The number of allylic oxidation sites excluding steroid dienone is 5. The lowest BCUT2D eigenvalue weighted by Gasteiger charge is -2.17. The molecule has 0 fully saturated rings. The van der Waals surface area contributed by atoms with E-state index in [0.717, 1.165) is 18.4 Å². The number of carbonyl (C=O) groups excluding carboxylic acids is 1. The lowest BCUT2D eigenvalue weighted by atomic mass is 9.92. The molecule has 0 radical (unpaired) electrons. The summed E-state index contributed by atoms with van der Waals surface area (Å²) in [6.07, 6.45) is 10.6. The maximum Gasteiger partial charge on any atom is 0.305 e. The molecule has 0 spiro atoms. The minimum atomic E-state index is -0.155. The summed E-state index contributed by atoms with van der Waals surface area (Å²) in [6.45, 7) is 4.31. The molecule has 2 rings (SSSR count). The molecule has 0 amide bonds. The summed E-state index contributed by atoms with van der Waals surface area (Å²) in [4.78, 5) is 11.5. The Balaban J connectivity index is 2.38. The van der Waals surface area contributed by atoms with Crippen LogP contribution in [0.4, 0.5) is 0 Å². The second-order valence-corrected chi connectivity index (χ2v) is 5.02. The van der Waals surface area contributed by atoms with Crippen molar-refractivity contribution in [3.63, 3.8) is 0 Å². The molecular formula is C19H22O2. The van der Waals surface area contributed by atoms with E-state index >= 15 is 0 Å². The van der Waals surface area contributed by atoms with Crippen LogP contribution in [0.3, 0.4) is 0 Å². The molecular weight excluding hydrogens is 260 g/mol. The zero-order valence-electron chi connectivity index (χ0n) is 12.8. The van der Waals surface area contributed by atoms with E-state index in [1.807, 2.05) is 25.1 Å². The van der Waals surface area contributed by atoms with Gasteiger partial charge in [0.25, 0.3) is 0 Å². The quantitative estimate of drug-likeness (QED) is 0.745. The van der Waals surface area contributed by atoms with E-state index in [2.05, 4.69) is 37.3 Å². The number of aryl methyl sites for hydroxylation is 1. The van der Waals surface area contributed by atoms with Gasteiger partial charge in [0.1, 0.15) is 6.61 Å². The predicted molar refractivity (Wildman–Crippen MR) is 86.9 cm³/mol. The van der Waals surface area contributed by atoms with Gasteiger partial charge in [-0.2, -0.15) is 0 Å². The average Bonchev–Trinajstić information content (AvgIpc) is 2.56. The first kappa shape index (κ1) is 15.3. The Morgan fingerprint density at radius 1 is 1.19 bits per heavy atom. The Morgan fingerprint density at radius 2 is 2.00 bits per heavy atom. The van der Waals surface area contributed by atoms with Gasteiger partial charge in [0.2, 0.25) is 0 Å². The molecule has 0 N–H and O–H groups in total. The highest BCUT2D eigenvalue weighted by Gasteiger charge is 2.13. The first-order valence-electron chi connectivity index (χ1n) is 7.55. The van der Waals surface area contributed by atoms with Crippen LogP contribution in [-0.2, 0) is 16.0 Å². The van der Waals surface area contributed by atoms with E-state index in [0.29, 0.717) is 13.0 Å². The normalized spacial score (nSPS) is 15.9. The van der Waals surface area contributed by atoms with Gasteiger partial charge in [0.05, 0.1) is 0 Å². The molecule has 2 heteroatoms. The van der Waals surface area contributed by atoms with Gasteiger partial charge in [-0.1, -0.05) is 62.4 Å². The van der Waals surface area contributed by atoms with Crippen LogP contribution in [0.5, 0.6) is 0 Å². The summed E-state index contributed by atoms with van der Waals surface area (Å²) in [6, 6.07) is 8.35. The monoisotopic (exact) mass is 282 g/mol. The smallest absolute Gasteiger partial charge is 0.305 e. The fourth-order valence-corrected chi connectivity index (χ4v) is 2.46. The van der Waals surface area contributed by atoms with Crippen LogP contribution in [0.2, 0.25) is 0 Å². The molecule has 0 heterocycles. The Bertz CT molecular complexity index is 591. The summed E-state index contributed by atoms with van der Waals surface area (Å²) in [7, 11) is 0. The zero-order chi connectivity index (χ0) is 15.1. The molecule has 0 saturated carbocycles. The van der Waals surface area contributed by atoms with Gasteiger partial charge in [-0.25, -0.2) is 0 Å². The molecule has 0 saturated heterocycles. The van der Waals surface area contributed by atoms with Crippen LogP contribution in [-0.4, -0.2) is 12.6 Å². The third-order valence-corrected chi connectivity index (χ3v) is 3.66. The average molecular weight is 282 g/mol. The van der Waals surface area contributed by atoms with Crippen LogP contribution < -0.4 is 0 Å². The maximum atomic E-state index is 11.5. The first-order chi connectivity index (χ1) is 10.3. The Hall–Kier alpha value is -2.09. The topological polar surface area (TPSA) is 26.3 Å². The van der Waals surface area contributed by atoms with E-state index in [1.165, 1.54) is 16.7 Å². The number of rotatable bonds is 5. The van der Waals surface area contributed by atoms with Gasteiger partial charge < -0.3 is 4.74 Å². The summed E-state index contributed by atoms with van der Waals surface area (Å²) in [5, 5.41) is 0. The number of esters is 1. The van der Waals surface area contributed by atoms with Crippen molar-refractivity contribution in [1.29, 1.82) is 0 Å². The molecule has 1 aliphatic rings. The van der Waals surface area contributed by atoms with Crippen molar-refractivity contribution in [2.45, 2.75) is 33.1 Å². The van der Waals surface area contributed by atoms with Gasteiger partial charge in [0.15, 0.2) is 0 Å². The van der Waals surface area contributed by atoms with Gasteiger partial charge in [-0.3, -0.25) is 4.79 Å². The van der Waals surface area contributed by atoms with Gasteiger partial charge in [-0.15, -0.1) is 0 Å². The van der Waals surface area contributed by atoms with Crippen molar-refractivity contribution < 1.29 is 9.53 Å². The fourth-order valence-electron chi connectivity index (χ4n) is 2.46. The van der Waals surface area contributed by atoms with Crippen molar-refractivity contribution in [3.05, 3.63) is 65.3 Å². The van der Waals surface area contributed by atoms with E-state index in [4.69, 9.17) is 4.74 Å². The number of hydrogen-bond donors (Lipinski definition) is 0. The Kier molecular flexibility index (Phi) is 5.56. The lowest BCUT2D eigenvalue weighted by molar-refractivity contribution is -0.141. The summed E-state index contributed by atoms with van der Waals surface area (Å²) < 4.78 is 5.41. The molecule has 110 valence electrons. The molecule has 0 unspecified atom stereocenters. The van der Waals surface area contributed by atoms with Gasteiger partial charge in [0, 0.05) is 12.0 Å². The highest BCUT2D eigenvalue weighted by molar-refractivity contribution is 5.77. The van der Waals surface area contributed by atoms with Crippen LogP contribution in [0.25, 0.3) is 5.57 Å². The minimum absolute atomic E-state index is 0.155. The molecule has 0 aliphatic heterocycles. The molecule has 0 aromatic heterocycles. The van der Waals surface area contributed by atoms with Gasteiger partial charge in [-0.05, 0) is 29.5 Å². The van der Waals surface area contributed by atoms with E-state index in [9.17, 15) is 4.79 Å². The number of ether oxygens (including phenoxy) is 1. The van der Waals surface area contributed by atoms with Crippen LogP contribution in [0.15, 0.2) is 54.1 Å². The molecule has 2 nitrogen and oxygen atoms in total. The molecule has 1 aromatic rings. The van der Waals surface area contributed by atoms with Crippen molar-refractivity contribution >= 4 is 11.5 Å². The highest BCUT2D eigenvalue weighted by Crippen LogP contribution is 2.27. The van der Waals surface area contributed by atoms with E-state index in [-0.39, 0.29) is 5.97 Å². The van der Waals surface area contributed by atoms with E-state index in [1.54, 1.807) is 0 Å². The standard InChI is InChI=1S/C19H22O2/c1-3-15-10-8-9-13-17(15)18(14-21-19(20)4-2)16-11-6-5-7-12-16/h5-11,13H,3-4,12,14H2,1-2H3/b18-16-. The van der Waals surface area contributed by atoms with Gasteiger partial charge >= 0.3 is 5.97 Å². The first-order valence-corrected chi connectivity index (χ1v) is 7.55. The fraction of sp³-hybridized carbons (Fsp3) is 0.316. The lowest BCUT2D eigenvalue weighted by Crippen LogP contribution is -2.08. The van der Waals surface area contributed by atoms with Crippen molar-refractivity contribution in [2.24, 2.45) is 0 Å². The van der Waals surface area contributed by atoms with Crippen molar-refractivity contribution in [2.75, 3.05) is 6.61 Å². The second-order valence-electron chi connectivity index (χ2n) is 5.02. The summed E-state index contributed by atoms with van der Waals surface area (Å²) in [5.41, 5.74) is 4.83. The van der Waals surface area contributed by atoms with Crippen LogP contribution in [0, 0.1) is 0 Å². The maximum absolute atomic E-state index is 11.5. The van der Waals surface area contributed by atoms with E-state index < -0.39 is 0 Å². The van der Waals surface area contributed by atoms with Crippen LogP contribution >= 0.6 is 0 Å². The number of hydrogen-bond acceptors (Lipinski definition) is 2. The SMILES string of the molecule is CCC(=O)OC/C(=C1\C=CC=CC1)c1ccccc1CC.